The molecular weight excluding hydrogens is 296 g/mol. The zero-order chi connectivity index (χ0) is 16.5. The van der Waals surface area contributed by atoms with Gasteiger partial charge in [-0.3, -0.25) is 0 Å². The summed E-state index contributed by atoms with van der Waals surface area (Å²) in [5, 5.41) is 0. The van der Waals surface area contributed by atoms with Gasteiger partial charge in [-0.25, -0.2) is 19.4 Å². The second kappa shape index (κ2) is 8.58. The first-order valence-corrected chi connectivity index (χ1v) is 7.42. The third-order valence-corrected chi connectivity index (χ3v) is 3.06. The van der Waals surface area contributed by atoms with E-state index in [2.05, 4.69) is 9.78 Å². The third-order valence-electron chi connectivity index (χ3n) is 3.06. The van der Waals surface area contributed by atoms with Crippen LogP contribution in [-0.2, 0) is 9.78 Å². The van der Waals surface area contributed by atoms with Crippen molar-refractivity contribution in [2.24, 2.45) is 0 Å². The molecule has 5 heteroatoms. The lowest BCUT2D eigenvalue weighted by molar-refractivity contribution is -0.187. The zero-order valence-corrected chi connectivity index (χ0v) is 12.9. The molecule has 0 saturated carbocycles. The van der Waals surface area contributed by atoms with E-state index in [0.717, 1.165) is 12.8 Å². The van der Waals surface area contributed by atoms with Gasteiger partial charge in [-0.1, -0.05) is 43.7 Å². The molecule has 0 atom stereocenters. The molecule has 0 bridgehead atoms. The van der Waals surface area contributed by atoms with Gasteiger partial charge in [-0.05, 0) is 30.7 Å². The largest absolute Gasteiger partial charge is 0.493 e. The first-order valence-electron chi connectivity index (χ1n) is 7.42. The Balaban J connectivity index is 1.96. The summed E-state index contributed by atoms with van der Waals surface area (Å²) in [6.45, 7) is 2.55. The van der Waals surface area contributed by atoms with E-state index in [1.807, 2.05) is 6.92 Å². The van der Waals surface area contributed by atoms with Crippen LogP contribution >= 0.6 is 0 Å². The van der Waals surface area contributed by atoms with Crippen LogP contribution in [0.4, 0.5) is 0 Å². The zero-order valence-electron chi connectivity index (χ0n) is 12.9. The van der Waals surface area contributed by atoms with Crippen LogP contribution in [0, 0.1) is 0 Å². The van der Waals surface area contributed by atoms with Crippen LogP contribution in [0.5, 0.6) is 5.75 Å². The Labute approximate surface area is 134 Å². The molecule has 5 nitrogen and oxygen atoms in total. The molecule has 0 heterocycles. The predicted molar refractivity (Wildman–Crippen MR) is 84.1 cm³/mol. The molecule has 0 aliphatic carbocycles. The first-order chi connectivity index (χ1) is 11.2. The fourth-order valence-corrected chi connectivity index (χ4v) is 1.83. The highest BCUT2D eigenvalue weighted by atomic mass is 17.2. The maximum Gasteiger partial charge on any atom is 0.390 e. The summed E-state index contributed by atoms with van der Waals surface area (Å²) >= 11 is 0. The SMILES string of the molecule is CCCCOc1ccccc1C(=O)OOC(=O)c1ccccc1. The van der Waals surface area contributed by atoms with Crippen LogP contribution in [0.3, 0.4) is 0 Å². The minimum absolute atomic E-state index is 0.212. The molecule has 0 aliphatic heterocycles. The summed E-state index contributed by atoms with van der Waals surface area (Å²) in [6, 6.07) is 15.0. The minimum Gasteiger partial charge on any atom is -0.493 e. The van der Waals surface area contributed by atoms with E-state index in [1.165, 1.54) is 0 Å². The highest BCUT2D eigenvalue weighted by molar-refractivity contribution is 5.94. The maximum atomic E-state index is 12.1. The van der Waals surface area contributed by atoms with E-state index in [9.17, 15) is 9.59 Å². The topological polar surface area (TPSA) is 61.8 Å². The Bertz CT molecular complexity index is 651. The lowest BCUT2D eigenvalue weighted by Gasteiger charge is -2.09. The van der Waals surface area contributed by atoms with Crippen molar-refractivity contribution < 1.29 is 24.1 Å². The van der Waals surface area contributed by atoms with Crippen molar-refractivity contribution in [1.82, 2.24) is 0 Å². The Morgan fingerprint density at radius 3 is 2.26 bits per heavy atom. The van der Waals surface area contributed by atoms with E-state index >= 15 is 0 Å². The Morgan fingerprint density at radius 2 is 1.52 bits per heavy atom. The molecule has 23 heavy (non-hydrogen) atoms. The van der Waals surface area contributed by atoms with E-state index in [-0.39, 0.29) is 5.56 Å². The molecule has 2 aromatic rings. The molecule has 2 rings (SSSR count). The Kier molecular flexibility index (Phi) is 6.17. The molecule has 120 valence electrons. The fourth-order valence-electron chi connectivity index (χ4n) is 1.83. The van der Waals surface area contributed by atoms with E-state index in [4.69, 9.17) is 4.74 Å². The number of benzene rings is 2. The highest BCUT2D eigenvalue weighted by Gasteiger charge is 2.17. The van der Waals surface area contributed by atoms with Gasteiger partial charge in [0, 0.05) is 0 Å². The predicted octanol–water partition coefficient (Wildman–Crippen LogP) is 3.79. The minimum atomic E-state index is -0.777. The number of para-hydroxylation sites is 1. The quantitative estimate of drug-likeness (QED) is 0.461. The number of unbranched alkanes of at least 4 members (excludes halogenated alkanes) is 1. The van der Waals surface area contributed by atoms with Crippen molar-refractivity contribution in [1.29, 1.82) is 0 Å². The second-order valence-electron chi connectivity index (χ2n) is 4.81. The number of carbonyl (C=O) groups is 2. The number of hydrogen-bond donors (Lipinski definition) is 0. The summed E-state index contributed by atoms with van der Waals surface area (Å²) < 4.78 is 5.55. The molecule has 0 unspecified atom stereocenters. The van der Waals surface area contributed by atoms with Gasteiger partial charge in [0.15, 0.2) is 0 Å². The third kappa shape index (κ3) is 4.85. The fraction of sp³-hybridized carbons (Fsp3) is 0.222. The number of ether oxygens (including phenoxy) is 1. The van der Waals surface area contributed by atoms with Crippen molar-refractivity contribution in [3.05, 3.63) is 65.7 Å². The van der Waals surface area contributed by atoms with Gasteiger partial charge in [0.25, 0.3) is 0 Å². The van der Waals surface area contributed by atoms with E-state index in [0.29, 0.717) is 17.9 Å². The van der Waals surface area contributed by atoms with Crippen molar-refractivity contribution in [2.75, 3.05) is 6.61 Å². The number of hydrogen-bond acceptors (Lipinski definition) is 5. The van der Waals surface area contributed by atoms with Gasteiger partial charge in [-0.2, -0.15) is 0 Å². The van der Waals surface area contributed by atoms with Gasteiger partial charge in [0.2, 0.25) is 0 Å². The summed E-state index contributed by atoms with van der Waals surface area (Å²) in [6.07, 6.45) is 1.87. The molecule has 2 aromatic carbocycles. The smallest absolute Gasteiger partial charge is 0.390 e. The Hall–Kier alpha value is -2.82. The van der Waals surface area contributed by atoms with Crippen molar-refractivity contribution in [3.63, 3.8) is 0 Å². The van der Waals surface area contributed by atoms with Gasteiger partial charge in [0.1, 0.15) is 11.3 Å². The van der Waals surface area contributed by atoms with Crippen LogP contribution in [0.1, 0.15) is 40.5 Å². The lowest BCUT2D eigenvalue weighted by atomic mass is 10.2. The summed E-state index contributed by atoms with van der Waals surface area (Å²) in [7, 11) is 0. The molecule has 0 fully saturated rings. The monoisotopic (exact) mass is 314 g/mol. The van der Waals surface area contributed by atoms with Crippen molar-refractivity contribution >= 4 is 11.9 Å². The van der Waals surface area contributed by atoms with Gasteiger partial charge in [0.05, 0.1) is 12.2 Å². The molecule has 0 N–H and O–H groups in total. The molecule has 0 amide bonds. The number of rotatable bonds is 6. The second-order valence-corrected chi connectivity index (χ2v) is 4.81. The molecule has 0 saturated heterocycles. The van der Waals surface area contributed by atoms with Crippen LogP contribution in [0.15, 0.2) is 54.6 Å². The lowest BCUT2D eigenvalue weighted by Crippen LogP contribution is -2.13. The summed E-state index contributed by atoms with van der Waals surface area (Å²) in [5.41, 5.74) is 0.511. The molecular formula is C18H18O5. The van der Waals surface area contributed by atoms with Crippen LogP contribution in [0.25, 0.3) is 0 Å². The van der Waals surface area contributed by atoms with Gasteiger partial charge < -0.3 is 4.74 Å². The normalized spacial score (nSPS) is 9.96. The first kappa shape index (κ1) is 16.5. The van der Waals surface area contributed by atoms with Gasteiger partial charge in [-0.15, -0.1) is 0 Å². The summed E-state index contributed by atoms with van der Waals surface area (Å²) in [5.74, 6) is -1.11. The maximum absolute atomic E-state index is 12.1. The van der Waals surface area contributed by atoms with Crippen LogP contribution < -0.4 is 4.74 Å². The van der Waals surface area contributed by atoms with Crippen LogP contribution in [-0.4, -0.2) is 18.5 Å². The molecule has 0 aliphatic rings. The van der Waals surface area contributed by atoms with Gasteiger partial charge >= 0.3 is 11.9 Å². The van der Waals surface area contributed by atoms with Crippen LogP contribution in [0.2, 0.25) is 0 Å². The molecule has 0 aromatic heterocycles. The molecule has 0 spiro atoms. The average molecular weight is 314 g/mol. The summed E-state index contributed by atoms with van der Waals surface area (Å²) in [4.78, 5) is 33.0. The average Bonchev–Trinajstić information content (AvgIpc) is 2.61. The Morgan fingerprint density at radius 1 is 0.870 bits per heavy atom. The van der Waals surface area contributed by atoms with E-state index < -0.39 is 11.9 Å². The highest BCUT2D eigenvalue weighted by Crippen LogP contribution is 2.19. The van der Waals surface area contributed by atoms with Crippen molar-refractivity contribution in [2.45, 2.75) is 19.8 Å². The number of carbonyl (C=O) groups excluding carboxylic acids is 2. The van der Waals surface area contributed by atoms with E-state index in [1.54, 1.807) is 54.6 Å². The molecule has 0 radical (unpaired) electrons. The van der Waals surface area contributed by atoms with Crippen molar-refractivity contribution in [3.8, 4) is 5.75 Å². The standard InChI is InChI=1S/C18H18O5/c1-2-3-13-21-16-12-8-7-11-15(16)18(20)23-22-17(19)14-9-5-4-6-10-14/h4-12H,2-3,13H2,1H3.